The molecule has 2 N–H and O–H groups in total. The summed E-state index contributed by atoms with van der Waals surface area (Å²) in [5.41, 5.74) is 7.85. The minimum atomic E-state index is -0.846. The second-order valence-electron chi connectivity index (χ2n) is 7.03. The number of rotatable bonds is 2. The van der Waals surface area contributed by atoms with Gasteiger partial charge in [-0.05, 0) is 62.5 Å². The van der Waals surface area contributed by atoms with Crippen molar-refractivity contribution in [2.75, 3.05) is 15.5 Å². The van der Waals surface area contributed by atoms with Crippen molar-refractivity contribution in [1.82, 2.24) is 9.78 Å². The molecule has 0 atom stereocenters. The lowest BCUT2D eigenvalue weighted by molar-refractivity contribution is -0.120. The van der Waals surface area contributed by atoms with Crippen LogP contribution in [-0.2, 0) is 11.8 Å². The maximum Gasteiger partial charge on any atom is 0.259 e. The van der Waals surface area contributed by atoms with Gasteiger partial charge in [-0.1, -0.05) is 11.6 Å². The Morgan fingerprint density at radius 1 is 1.15 bits per heavy atom. The number of amides is 1. The van der Waals surface area contributed by atoms with Gasteiger partial charge in [-0.15, -0.1) is 0 Å². The lowest BCUT2D eigenvalue weighted by Gasteiger charge is -2.29. The molecule has 3 aromatic rings. The molecule has 1 aromatic heterocycles. The second-order valence-corrected chi connectivity index (χ2v) is 7.81. The van der Waals surface area contributed by atoms with Gasteiger partial charge in [0.1, 0.15) is 5.54 Å². The summed E-state index contributed by atoms with van der Waals surface area (Å²) in [6, 6.07) is 11.0. The van der Waals surface area contributed by atoms with Crippen molar-refractivity contribution in [1.29, 1.82) is 0 Å². The van der Waals surface area contributed by atoms with Crippen molar-refractivity contribution >= 4 is 62.8 Å². The van der Waals surface area contributed by atoms with Crippen LogP contribution >= 0.6 is 23.8 Å². The summed E-state index contributed by atoms with van der Waals surface area (Å²) >= 11 is 11.8. The van der Waals surface area contributed by atoms with Gasteiger partial charge in [-0.3, -0.25) is 14.4 Å². The molecule has 0 radical (unpaired) electrons. The van der Waals surface area contributed by atoms with Crippen LogP contribution in [0.15, 0.2) is 42.6 Å². The first-order valence-electron chi connectivity index (χ1n) is 8.37. The molecule has 0 aliphatic carbocycles. The smallest absolute Gasteiger partial charge is 0.259 e. The standard InChI is InChI=1S/C19H18ClN5OS/c1-19(2)17(26)24(12-4-6-15(21)14(20)9-12)18(27)25(19)13-5-7-16-11(8-13)10-22-23(16)3/h4-10H,21H2,1-3H3. The summed E-state index contributed by atoms with van der Waals surface area (Å²) in [5.74, 6) is -0.125. The highest BCUT2D eigenvalue weighted by Crippen LogP contribution is 2.38. The third-order valence-electron chi connectivity index (χ3n) is 4.90. The molecule has 0 spiro atoms. The Hall–Kier alpha value is -2.64. The van der Waals surface area contributed by atoms with Gasteiger partial charge in [0, 0.05) is 18.1 Å². The van der Waals surface area contributed by atoms with Gasteiger partial charge in [0.05, 0.1) is 28.1 Å². The number of benzene rings is 2. The van der Waals surface area contributed by atoms with E-state index < -0.39 is 5.54 Å². The quantitative estimate of drug-likeness (QED) is 0.525. The summed E-state index contributed by atoms with van der Waals surface area (Å²) in [5, 5.41) is 6.04. The fourth-order valence-electron chi connectivity index (χ4n) is 3.40. The van der Waals surface area contributed by atoms with E-state index in [1.54, 1.807) is 29.1 Å². The fraction of sp³-hybridized carbons (Fsp3) is 0.211. The molecule has 8 heteroatoms. The molecule has 1 fully saturated rings. The molecule has 138 valence electrons. The number of hydrogen-bond acceptors (Lipinski definition) is 4. The molecule has 0 unspecified atom stereocenters. The number of nitrogens with zero attached hydrogens (tertiary/aromatic N) is 4. The predicted molar refractivity (Wildman–Crippen MR) is 113 cm³/mol. The number of halogens is 1. The van der Waals surface area contributed by atoms with E-state index >= 15 is 0 Å². The van der Waals surface area contributed by atoms with E-state index in [4.69, 9.17) is 29.6 Å². The highest BCUT2D eigenvalue weighted by atomic mass is 35.5. The van der Waals surface area contributed by atoms with Crippen molar-refractivity contribution in [2.45, 2.75) is 19.4 Å². The van der Waals surface area contributed by atoms with E-state index in [-0.39, 0.29) is 5.91 Å². The third-order valence-corrected chi connectivity index (χ3v) is 5.59. The minimum Gasteiger partial charge on any atom is -0.398 e. The van der Waals surface area contributed by atoms with Gasteiger partial charge < -0.3 is 10.6 Å². The topological polar surface area (TPSA) is 67.4 Å². The SMILES string of the molecule is Cn1ncc2cc(N3C(=S)N(c4ccc(N)c(Cl)c4)C(=O)C3(C)C)ccc21. The van der Waals surface area contributed by atoms with Crippen LogP contribution in [0.25, 0.3) is 10.9 Å². The summed E-state index contributed by atoms with van der Waals surface area (Å²) in [6.45, 7) is 3.71. The normalized spacial score (nSPS) is 16.6. The van der Waals surface area contributed by atoms with Crippen LogP contribution in [0, 0.1) is 0 Å². The third kappa shape index (κ3) is 2.57. The Morgan fingerprint density at radius 3 is 2.56 bits per heavy atom. The van der Waals surface area contributed by atoms with Crippen molar-refractivity contribution in [2.24, 2.45) is 7.05 Å². The predicted octanol–water partition coefficient (Wildman–Crippen LogP) is 3.73. The van der Waals surface area contributed by atoms with Gasteiger partial charge in [0.15, 0.2) is 5.11 Å². The molecule has 0 saturated carbocycles. The average Bonchev–Trinajstić information content (AvgIpc) is 3.06. The van der Waals surface area contributed by atoms with Crippen molar-refractivity contribution < 1.29 is 4.79 Å². The van der Waals surface area contributed by atoms with E-state index in [0.717, 1.165) is 16.6 Å². The number of aromatic nitrogens is 2. The number of anilines is 3. The Morgan fingerprint density at radius 2 is 1.85 bits per heavy atom. The molecule has 4 rings (SSSR count). The van der Waals surface area contributed by atoms with Crippen LogP contribution in [0.3, 0.4) is 0 Å². The highest BCUT2D eigenvalue weighted by Gasteiger charge is 2.50. The number of nitrogens with two attached hydrogens (primary N) is 1. The lowest BCUT2D eigenvalue weighted by atomic mass is 10.0. The first-order valence-corrected chi connectivity index (χ1v) is 9.16. The van der Waals surface area contributed by atoms with Gasteiger partial charge in [-0.2, -0.15) is 5.10 Å². The average molecular weight is 400 g/mol. The van der Waals surface area contributed by atoms with Crippen molar-refractivity contribution in [3.8, 4) is 0 Å². The van der Waals surface area contributed by atoms with E-state index in [2.05, 4.69) is 5.10 Å². The Balaban J connectivity index is 1.81. The van der Waals surface area contributed by atoms with E-state index in [0.29, 0.717) is 21.5 Å². The zero-order valence-corrected chi connectivity index (χ0v) is 16.7. The Kier molecular flexibility index (Phi) is 3.90. The van der Waals surface area contributed by atoms with E-state index in [1.807, 2.05) is 44.0 Å². The van der Waals surface area contributed by atoms with Crippen LogP contribution in [0.1, 0.15) is 13.8 Å². The number of aryl methyl sites for hydroxylation is 1. The first kappa shape index (κ1) is 17.8. The van der Waals surface area contributed by atoms with Crippen molar-refractivity contribution in [3.05, 3.63) is 47.6 Å². The molecule has 27 heavy (non-hydrogen) atoms. The molecule has 6 nitrogen and oxygen atoms in total. The largest absolute Gasteiger partial charge is 0.398 e. The summed E-state index contributed by atoms with van der Waals surface area (Å²) in [7, 11) is 1.89. The van der Waals surface area contributed by atoms with Gasteiger partial charge in [0.25, 0.3) is 5.91 Å². The van der Waals surface area contributed by atoms with Crippen LogP contribution in [0.2, 0.25) is 5.02 Å². The lowest BCUT2D eigenvalue weighted by Crippen LogP contribution is -2.44. The number of hydrogen-bond donors (Lipinski definition) is 1. The maximum atomic E-state index is 13.2. The number of thiocarbonyl (C=S) groups is 1. The Labute approximate surface area is 167 Å². The number of nitrogen functional groups attached to an aromatic ring is 1. The number of carbonyl (C=O) groups is 1. The molecular weight excluding hydrogens is 382 g/mol. The maximum absolute atomic E-state index is 13.2. The van der Waals surface area contributed by atoms with Gasteiger partial charge >= 0.3 is 0 Å². The first-order chi connectivity index (χ1) is 12.7. The summed E-state index contributed by atoms with van der Waals surface area (Å²) in [4.78, 5) is 16.6. The van der Waals surface area contributed by atoms with E-state index in [9.17, 15) is 4.79 Å². The molecule has 0 bridgehead atoms. The van der Waals surface area contributed by atoms with Crippen molar-refractivity contribution in [3.63, 3.8) is 0 Å². The molecular formula is C19H18ClN5OS. The van der Waals surface area contributed by atoms with Crippen LogP contribution in [-0.4, -0.2) is 26.3 Å². The van der Waals surface area contributed by atoms with Crippen LogP contribution < -0.4 is 15.5 Å². The zero-order chi connectivity index (χ0) is 19.5. The monoisotopic (exact) mass is 399 g/mol. The minimum absolute atomic E-state index is 0.125. The van der Waals surface area contributed by atoms with E-state index in [1.165, 1.54) is 4.90 Å². The summed E-state index contributed by atoms with van der Waals surface area (Å²) < 4.78 is 1.81. The second kappa shape index (κ2) is 5.94. The Bertz CT molecular complexity index is 1110. The zero-order valence-electron chi connectivity index (χ0n) is 15.1. The molecule has 1 aliphatic rings. The molecule has 1 saturated heterocycles. The van der Waals surface area contributed by atoms with Crippen LogP contribution in [0.5, 0.6) is 0 Å². The number of fused-ring (bicyclic) bond motifs is 1. The fourth-order valence-corrected chi connectivity index (χ4v) is 4.10. The molecule has 1 amide bonds. The van der Waals surface area contributed by atoms with Crippen LogP contribution in [0.4, 0.5) is 17.1 Å². The molecule has 1 aliphatic heterocycles. The van der Waals surface area contributed by atoms with Gasteiger partial charge in [0.2, 0.25) is 0 Å². The van der Waals surface area contributed by atoms with Gasteiger partial charge in [-0.25, -0.2) is 0 Å². The number of carbonyl (C=O) groups excluding carboxylic acids is 1. The molecule has 2 aromatic carbocycles. The highest BCUT2D eigenvalue weighted by molar-refractivity contribution is 7.81. The summed E-state index contributed by atoms with van der Waals surface area (Å²) in [6.07, 6.45) is 1.80. The molecule has 2 heterocycles.